The Hall–Kier alpha value is -4.58. The first kappa shape index (κ1) is 70.4. The number of rotatable bonds is 55. The van der Waals surface area contributed by atoms with Gasteiger partial charge in [0.05, 0.1) is 44.3 Å². The molecule has 0 radical (unpaired) electrons. The van der Waals surface area contributed by atoms with Crippen LogP contribution in [0.5, 0.6) is 0 Å². The lowest BCUT2D eigenvalue weighted by atomic mass is 9.94. The van der Waals surface area contributed by atoms with Gasteiger partial charge in [-0.25, -0.2) is 9.59 Å². The van der Waals surface area contributed by atoms with E-state index in [1.807, 2.05) is 0 Å². The van der Waals surface area contributed by atoms with Gasteiger partial charge in [0.2, 0.25) is 23.6 Å². The van der Waals surface area contributed by atoms with Crippen molar-refractivity contribution in [2.45, 2.75) is 192 Å². The molecular weight excluding hydrogens is 1050 g/mol. The second-order valence-corrected chi connectivity index (χ2v) is 19.2. The maximum absolute atomic E-state index is 12.7. The van der Waals surface area contributed by atoms with E-state index in [4.69, 9.17) is 24.1 Å². The third kappa shape index (κ3) is 46.5. The summed E-state index contributed by atoms with van der Waals surface area (Å²) in [7, 11) is 0. The van der Waals surface area contributed by atoms with E-state index in [9.17, 15) is 63.3 Å². The molecule has 23 heteroatoms. The molecular formula is C52H89BrN4O18. The number of aliphatic carboxylic acids is 4. The number of alkyl halides is 1. The molecule has 0 heterocycles. The summed E-state index contributed by atoms with van der Waals surface area (Å²) in [5, 5.41) is 47.7. The van der Waals surface area contributed by atoms with Crippen LogP contribution in [0.3, 0.4) is 0 Å². The number of hydrogen-bond acceptors (Lipinski definition) is 14. The minimum absolute atomic E-state index is 0.0886. The average molecular weight is 1140 g/mol. The minimum atomic E-state index is -1.28. The highest BCUT2D eigenvalue weighted by Crippen LogP contribution is 2.17. The van der Waals surface area contributed by atoms with E-state index in [1.54, 1.807) is 0 Å². The van der Waals surface area contributed by atoms with Gasteiger partial charge in [-0.05, 0) is 51.4 Å². The largest absolute Gasteiger partial charge is 0.481 e. The van der Waals surface area contributed by atoms with Gasteiger partial charge in [0.25, 0.3) is 0 Å². The van der Waals surface area contributed by atoms with Crippen LogP contribution in [0.2, 0.25) is 0 Å². The second kappa shape index (κ2) is 49.0. The number of ketones is 2. The van der Waals surface area contributed by atoms with Crippen LogP contribution in [0.15, 0.2) is 0 Å². The van der Waals surface area contributed by atoms with Gasteiger partial charge in [0.1, 0.15) is 31.1 Å². The molecule has 3 atom stereocenters. The number of unbranched alkanes of at least 4 members (excludes halogenated alkanes) is 16. The quantitative estimate of drug-likeness (QED) is 0.0269. The van der Waals surface area contributed by atoms with Gasteiger partial charge in [0.15, 0.2) is 5.78 Å². The van der Waals surface area contributed by atoms with E-state index < -0.39 is 65.4 Å². The highest BCUT2D eigenvalue weighted by Gasteiger charge is 2.25. The average Bonchev–Trinajstić information content (AvgIpc) is 3.36. The predicted octanol–water partition coefficient (Wildman–Crippen LogP) is 5.67. The maximum atomic E-state index is 12.7. The molecule has 0 fully saturated rings. The molecule has 0 aromatic rings. The van der Waals surface area contributed by atoms with Crippen LogP contribution in [0.25, 0.3) is 0 Å². The Bertz CT molecular complexity index is 1640. The number of carboxylic acid groups (broad SMARTS) is 4. The number of ether oxygens (including phenoxy) is 4. The summed E-state index contributed by atoms with van der Waals surface area (Å²) in [6.45, 7) is 1.01. The number of hydrogen-bond donors (Lipinski definition) is 8. The number of carboxylic acids is 4. The SMILES string of the molecule is O=C(O)CCCCCCCCCCCCCCCCCCC(=O)N[C@@H](CCC(=O)C[C@@H](CCC(=O)NCCOCCOCC(=O)CCCOCCOCC(=O)NC(CCCCNC(=O)CBr)C(=O)O)C(=O)O)C(=O)O. The number of halogens is 1. The van der Waals surface area contributed by atoms with Crippen molar-refractivity contribution in [2.75, 3.05) is 71.3 Å². The zero-order valence-corrected chi connectivity index (χ0v) is 45.8. The molecule has 1 unspecified atom stereocenters. The number of carbonyl (C=O) groups is 10. The molecule has 0 aromatic heterocycles. The monoisotopic (exact) mass is 1140 g/mol. The molecule has 75 heavy (non-hydrogen) atoms. The highest BCUT2D eigenvalue weighted by molar-refractivity contribution is 9.09. The Kier molecular flexibility index (Phi) is 46.0. The van der Waals surface area contributed by atoms with E-state index in [2.05, 4.69) is 37.2 Å². The van der Waals surface area contributed by atoms with Crippen molar-refractivity contribution in [3.63, 3.8) is 0 Å². The Morgan fingerprint density at radius 2 is 0.867 bits per heavy atom. The standard InChI is InChI=1S/C52H89BrN4O18/c53-37-47(62)54-28-18-17-21-43(51(68)69)57-48(63)39-75-35-32-72-30-19-20-42(59)38-74-34-33-73-31-29-55-45(60)27-24-40(50(66)67)36-41(58)25-26-44(52(70)71)56-46(61)22-15-13-11-9-7-5-3-1-2-4-6-8-10-12-14-16-23-49(64)65/h40,43-44H,1-39H2,(H,54,62)(H,55,60)(H,56,61)(H,57,63)(H,64,65)(H,66,67)(H,68,69)(H,70,71)/t40-,43?,44+/m1/s1. The molecule has 0 aliphatic heterocycles. The maximum Gasteiger partial charge on any atom is 0.326 e. The summed E-state index contributed by atoms with van der Waals surface area (Å²) in [5.74, 6) is -7.80. The Balaban J connectivity index is 3.96. The molecule has 0 saturated carbocycles. The fourth-order valence-corrected chi connectivity index (χ4v) is 7.89. The number of amides is 4. The first-order chi connectivity index (χ1) is 36.0. The van der Waals surface area contributed by atoms with Crippen LogP contribution in [0, 0.1) is 5.92 Å². The number of nitrogens with one attached hydrogen (secondary N) is 4. The second-order valence-electron chi connectivity index (χ2n) is 18.6. The van der Waals surface area contributed by atoms with Crippen molar-refractivity contribution in [3.8, 4) is 0 Å². The molecule has 0 spiro atoms. The van der Waals surface area contributed by atoms with Crippen molar-refractivity contribution in [1.82, 2.24) is 21.3 Å². The van der Waals surface area contributed by atoms with E-state index >= 15 is 0 Å². The Labute approximate surface area is 451 Å². The molecule has 0 aliphatic rings. The molecule has 0 aromatic carbocycles. The van der Waals surface area contributed by atoms with E-state index in [0.717, 1.165) is 44.9 Å². The van der Waals surface area contributed by atoms with Crippen LogP contribution in [-0.2, 0) is 66.9 Å². The van der Waals surface area contributed by atoms with Gasteiger partial charge in [0, 0.05) is 58.2 Å². The van der Waals surface area contributed by atoms with E-state index in [0.29, 0.717) is 32.2 Å². The normalized spacial score (nSPS) is 12.3. The topological polar surface area (TPSA) is 337 Å². The van der Waals surface area contributed by atoms with Crippen LogP contribution < -0.4 is 21.3 Å². The van der Waals surface area contributed by atoms with E-state index in [1.165, 1.54) is 51.4 Å². The molecule has 0 bridgehead atoms. The summed E-state index contributed by atoms with van der Waals surface area (Å²) in [6.07, 6.45) is 18.5. The molecule has 0 aliphatic carbocycles. The summed E-state index contributed by atoms with van der Waals surface area (Å²) in [5.41, 5.74) is 0. The molecule has 432 valence electrons. The summed E-state index contributed by atoms with van der Waals surface area (Å²) < 4.78 is 21.4. The van der Waals surface area contributed by atoms with E-state index in [-0.39, 0.29) is 134 Å². The molecule has 8 N–H and O–H groups in total. The summed E-state index contributed by atoms with van der Waals surface area (Å²) in [6, 6.07) is -2.36. The van der Waals surface area contributed by atoms with Gasteiger partial charge < -0.3 is 60.6 Å². The lowest BCUT2D eigenvalue weighted by Crippen LogP contribution is -2.42. The Morgan fingerprint density at radius 3 is 1.41 bits per heavy atom. The van der Waals surface area contributed by atoms with Crippen molar-refractivity contribution in [1.29, 1.82) is 0 Å². The zero-order chi connectivity index (χ0) is 55.7. The van der Waals surface area contributed by atoms with Crippen molar-refractivity contribution in [2.24, 2.45) is 5.92 Å². The fraction of sp³-hybridized carbons (Fsp3) is 0.808. The van der Waals surface area contributed by atoms with Crippen LogP contribution >= 0.6 is 15.9 Å². The number of Topliss-reactive ketones (excluding diaryl/α,β-unsaturated/α-hetero) is 2. The van der Waals surface area contributed by atoms with Crippen molar-refractivity contribution >= 4 is 75.0 Å². The minimum Gasteiger partial charge on any atom is -0.481 e. The fourth-order valence-electron chi connectivity index (χ4n) is 7.69. The summed E-state index contributed by atoms with van der Waals surface area (Å²) in [4.78, 5) is 118. The smallest absolute Gasteiger partial charge is 0.326 e. The summed E-state index contributed by atoms with van der Waals surface area (Å²) >= 11 is 3.04. The van der Waals surface area contributed by atoms with Crippen LogP contribution in [-0.4, -0.2) is 163 Å². The highest BCUT2D eigenvalue weighted by atomic mass is 79.9. The zero-order valence-electron chi connectivity index (χ0n) is 44.2. The molecule has 22 nitrogen and oxygen atoms in total. The van der Waals surface area contributed by atoms with Crippen molar-refractivity contribution < 1.29 is 87.3 Å². The van der Waals surface area contributed by atoms with Gasteiger partial charge >= 0.3 is 23.9 Å². The van der Waals surface area contributed by atoms with Crippen molar-refractivity contribution in [3.05, 3.63) is 0 Å². The number of carbonyl (C=O) groups excluding carboxylic acids is 6. The molecule has 0 rings (SSSR count). The Morgan fingerprint density at radius 1 is 0.373 bits per heavy atom. The third-order valence-electron chi connectivity index (χ3n) is 12.0. The van der Waals surface area contributed by atoms with Gasteiger partial charge in [-0.15, -0.1) is 0 Å². The van der Waals surface area contributed by atoms with Crippen LogP contribution in [0.4, 0.5) is 0 Å². The van der Waals surface area contributed by atoms with Gasteiger partial charge in [-0.2, -0.15) is 0 Å². The molecule has 0 saturated heterocycles. The first-order valence-corrected chi connectivity index (χ1v) is 28.1. The molecule has 4 amide bonds. The predicted molar refractivity (Wildman–Crippen MR) is 280 cm³/mol. The van der Waals surface area contributed by atoms with Crippen LogP contribution in [0.1, 0.15) is 180 Å². The first-order valence-electron chi connectivity index (χ1n) is 27.0. The lowest BCUT2D eigenvalue weighted by molar-refractivity contribution is -0.145. The lowest BCUT2D eigenvalue weighted by Gasteiger charge is -2.15. The third-order valence-corrected chi connectivity index (χ3v) is 12.5. The van der Waals surface area contributed by atoms with Gasteiger partial charge in [-0.3, -0.25) is 38.4 Å². The van der Waals surface area contributed by atoms with Gasteiger partial charge in [-0.1, -0.05) is 106 Å².